The number of para-hydroxylation sites is 2. The third kappa shape index (κ3) is 2.46. The molecule has 1 aromatic heterocycles. The topological polar surface area (TPSA) is 46.9 Å². The standard InChI is InChI=1S/C16H19N3O/c1-2-19-14-10-6-5-9-13(14)17-16(19)18-15(20)11-12-7-3-4-8-12/h3,5-7,9-10,12H,2,4,8,11H2,1H3,(H,17,18,20)/t12-/m1/s1. The van der Waals surface area contributed by atoms with Crippen molar-refractivity contribution in [2.45, 2.75) is 32.7 Å². The second kappa shape index (κ2) is 5.49. The Morgan fingerprint density at radius 2 is 2.30 bits per heavy atom. The summed E-state index contributed by atoms with van der Waals surface area (Å²) in [6.07, 6.45) is 7.01. The lowest BCUT2D eigenvalue weighted by molar-refractivity contribution is -0.116. The molecule has 0 unspecified atom stereocenters. The maximum absolute atomic E-state index is 12.1. The van der Waals surface area contributed by atoms with Crippen molar-refractivity contribution in [3.05, 3.63) is 36.4 Å². The summed E-state index contributed by atoms with van der Waals surface area (Å²) in [6.45, 7) is 2.85. The lowest BCUT2D eigenvalue weighted by Crippen LogP contribution is -2.17. The van der Waals surface area contributed by atoms with E-state index in [4.69, 9.17) is 0 Å². The van der Waals surface area contributed by atoms with Crippen LogP contribution in [0, 0.1) is 5.92 Å². The smallest absolute Gasteiger partial charge is 0.227 e. The molecule has 0 bridgehead atoms. The molecule has 0 saturated carbocycles. The molecule has 20 heavy (non-hydrogen) atoms. The fourth-order valence-electron chi connectivity index (χ4n) is 2.77. The zero-order chi connectivity index (χ0) is 13.9. The number of benzene rings is 1. The summed E-state index contributed by atoms with van der Waals surface area (Å²) in [7, 11) is 0. The average Bonchev–Trinajstić information content (AvgIpc) is 3.05. The van der Waals surface area contributed by atoms with E-state index >= 15 is 0 Å². The molecular formula is C16H19N3O. The van der Waals surface area contributed by atoms with E-state index in [1.165, 1.54) is 0 Å². The van der Waals surface area contributed by atoms with E-state index in [-0.39, 0.29) is 5.91 Å². The lowest BCUT2D eigenvalue weighted by Gasteiger charge is -2.09. The molecule has 1 atom stereocenters. The van der Waals surface area contributed by atoms with Crippen molar-refractivity contribution in [1.82, 2.24) is 9.55 Å². The van der Waals surface area contributed by atoms with Gasteiger partial charge >= 0.3 is 0 Å². The number of nitrogens with one attached hydrogen (secondary N) is 1. The van der Waals surface area contributed by atoms with Gasteiger partial charge in [-0.15, -0.1) is 0 Å². The van der Waals surface area contributed by atoms with E-state index in [2.05, 4.69) is 29.4 Å². The van der Waals surface area contributed by atoms with Gasteiger partial charge in [-0.25, -0.2) is 4.98 Å². The highest BCUT2D eigenvalue weighted by atomic mass is 16.1. The van der Waals surface area contributed by atoms with Crippen LogP contribution in [0.1, 0.15) is 26.2 Å². The first-order valence-corrected chi connectivity index (χ1v) is 7.19. The lowest BCUT2D eigenvalue weighted by atomic mass is 10.1. The van der Waals surface area contributed by atoms with E-state index in [0.29, 0.717) is 18.3 Å². The second-order valence-electron chi connectivity index (χ2n) is 5.19. The zero-order valence-corrected chi connectivity index (χ0v) is 11.7. The van der Waals surface area contributed by atoms with Crippen molar-refractivity contribution in [1.29, 1.82) is 0 Å². The summed E-state index contributed by atoms with van der Waals surface area (Å²) < 4.78 is 2.04. The number of carbonyl (C=O) groups excluding carboxylic acids is 1. The van der Waals surface area contributed by atoms with Gasteiger partial charge in [0, 0.05) is 13.0 Å². The molecule has 0 saturated heterocycles. The van der Waals surface area contributed by atoms with Crippen LogP contribution in [0.5, 0.6) is 0 Å². The fourth-order valence-corrected chi connectivity index (χ4v) is 2.77. The van der Waals surface area contributed by atoms with Crippen LogP contribution in [0.25, 0.3) is 11.0 Å². The molecular weight excluding hydrogens is 250 g/mol. The van der Waals surface area contributed by atoms with Gasteiger partial charge in [-0.3, -0.25) is 10.1 Å². The van der Waals surface area contributed by atoms with Gasteiger partial charge in [-0.2, -0.15) is 0 Å². The normalized spacial score (nSPS) is 17.8. The van der Waals surface area contributed by atoms with Gasteiger partial charge in [-0.1, -0.05) is 24.3 Å². The van der Waals surface area contributed by atoms with Gasteiger partial charge in [0.05, 0.1) is 11.0 Å². The number of amides is 1. The van der Waals surface area contributed by atoms with Gasteiger partial charge < -0.3 is 4.57 Å². The summed E-state index contributed by atoms with van der Waals surface area (Å²) in [4.78, 5) is 16.6. The van der Waals surface area contributed by atoms with Crippen LogP contribution in [0.4, 0.5) is 5.95 Å². The number of hydrogen-bond donors (Lipinski definition) is 1. The van der Waals surface area contributed by atoms with Crippen LogP contribution in [-0.2, 0) is 11.3 Å². The Kier molecular flexibility index (Phi) is 3.54. The summed E-state index contributed by atoms with van der Waals surface area (Å²) in [5.74, 6) is 1.08. The molecule has 1 aliphatic carbocycles. The molecule has 104 valence electrons. The molecule has 1 aliphatic rings. The predicted molar refractivity (Wildman–Crippen MR) is 80.5 cm³/mol. The average molecular weight is 269 g/mol. The number of nitrogens with zero attached hydrogens (tertiary/aromatic N) is 2. The molecule has 0 fully saturated rings. The van der Waals surface area contributed by atoms with Crippen molar-refractivity contribution in [3.63, 3.8) is 0 Å². The van der Waals surface area contributed by atoms with E-state index in [9.17, 15) is 4.79 Å². The largest absolute Gasteiger partial charge is 0.310 e. The number of anilines is 1. The van der Waals surface area contributed by atoms with Gasteiger partial charge in [0.1, 0.15) is 0 Å². The third-order valence-electron chi connectivity index (χ3n) is 3.78. The Morgan fingerprint density at radius 3 is 3.05 bits per heavy atom. The number of imidazole rings is 1. The molecule has 0 aliphatic heterocycles. The Hall–Kier alpha value is -2.10. The van der Waals surface area contributed by atoms with Gasteiger partial charge in [0.15, 0.2) is 0 Å². The number of allylic oxidation sites excluding steroid dienone is 2. The van der Waals surface area contributed by atoms with Crippen LogP contribution in [0.3, 0.4) is 0 Å². The van der Waals surface area contributed by atoms with Crippen molar-refractivity contribution >= 4 is 22.9 Å². The highest BCUT2D eigenvalue weighted by Gasteiger charge is 2.16. The Bertz CT molecular complexity index is 657. The zero-order valence-electron chi connectivity index (χ0n) is 11.7. The Morgan fingerprint density at radius 1 is 1.45 bits per heavy atom. The highest BCUT2D eigenvalue weighted by molar-refractivity contribution is 5.91. The Labute approximate surface area is 118 Å². The number of fused-ring (bicyclic) bond motifs is 1. The SMILES string of the molecule is CCn1c(NC(=O)C[C@@H]2C=CCC2)nc2ccccc21. The fraction of sp³-hybridized carbons (Fsp3) is 0.375. The van der Waals surface area contributed by atoms with E-state index in [0.717, 1.165) is 30.4 Å². The molecule has 1 aromatic carbocycles. The minimum Gasteiger partial charge on any atom is -0.310 e. The monoisotopic (exact) mass is 269 g/mol. The molecule has 4 nitrogen and oxygen atoms in total. The van der Waals surface area contributed by atoms with E-state index in [1.54, 1.807) is 0 Å². The summed E-state index contributed by atoms with van der Waals surface area (Å²) in [5.41, 5.74) is 1.98. The molecule has 3 rings (SSSR count). The predicted octanol–water partition coefficient (Wildman–Crippen LogP) is 3.35. The number of aromatic nitrogens is 2. The first kappa shape index (κ1) is 12.9. The molecule has 1 N–H and O–H groups in total. The number of hydrogen-bond acceptors (Lipinski definition) is 2. The summed E-state index contributed by atoms with van der Waals surface area (Å²) in [6, 6.07) is 7.95. The molecule has 0 spiro atoms. The minimum atomic E-state index is 0.0477. The van der Waals surface area contributed by atoms with Crippen molar-refractivity contribution in [2.24, 2.45) is 5.92 Å². The van der Waals surface area contributed by atoms with Crippen molar-refractivity contribution < 1.29 is 4.79 Å². The van der Waals surface area contributed by atoms with Gasteiger partial charge in [0.2, 0.25) is 11.9 Å². The second-order valence-corrected chi connectivity index (χ2v) is 5.19. The maximum atomic E-state index is 12.1. The number of carbonyl (C=O) groups is 1. The van der Waals surface area contributed by atoms with Crippen LogP contribution < -0.4 is 5.32 Å². The minimum absolute atomic E-state index is 0.0477. The number of aryl methyl sites for hydroxylation is 1. The highest BCUT2D eigenvalue weighted by Crippen LogP contribution is 2.22. The molecule has 4 heteroatoms. The van der Waals surface area contributed by atoms with Gasteiger partial charge in [0.25, 0.3) is 0 Å². The van der Waals surface area contributed by atoms with Crippen LogP contribution in [-0.4, -0.2) is 15.5 Å². The maximum Gasteiger partial charge on any atom is 0.227 e. The quantitative estimate of drug-likeness (QED) is 0.865. The number of rotatable bonds is 4. The molecule has 2 aromatic rings. The van der Waals surface area contributed by atoms with E-state index in [1.807, 2.05) is 28.8 Å². The third-order valence-corrected chi connectivity index (χ3v) is 3.78. The first-order valence-electron chi connectivity index (χ1n) is 7.19. The van der Waals surface area contributed by atoms with Crippen molar-refractivity contribution in [3.8, 4) is 0 Å². The summed E-state index contributed by atoms with van der Waals surface area (Å²) >= 11 is 0. The van der Waals surface area contributed by atoms with Gasteiger partial charge in [-0.05, 0) is 37.8 Å². The van der Waals surface area contributed by atoms with E-state index < -0.39 is 0 Å². The van der Waals surface area contributed by atoms with Crippen LogP contribution in [0.2, 0.25) is 0 Å². The Balaban J connectivity index is 1.79. The molecule has 1 heterocycles. The first-order chi connectivity index (χ1) is 9.78. The van der Waals surface area contributed by atoms with Crippen molar-refractivity contribution in [2.75, 3.05) is 5.32 Å². The summed E-state index contributed by atoms with van der Waals surface area (Å²) in [5, 5.41) is 2.96. The molecule has 1 amide bonds. The van der Waals surface area contributed by atoms with Crippen LogP contribution >= 0.6 is 0 Å². The van der Waals surface area contributed by atoms with Crippen LogP contribution in [0.15, 0.2) is 36.4 Å². The molecule has 0 radical (unpaired) electrons.